The molecular formula is C15H36N2. The van der Waals surface area contributed by atoms with Crippen LogP contribution >= 0.6 is 0 Å². The van der Waals surface area contributed by atoms with Gasteiger partial charge >= 0.3 is 0 Å². The fraction of sp³-hybridized carbons (Fsp3) is 1.00. The molecule has 1 heterocycles. The number of piperazine rings is 1. The van der Waals surface area contributed by atoms with E-state index in [1.807, 2.05) is 27.7 Å². The van der Waals surface area contributed by atoms with Crippen LogP contribution in [-0.4, -0.2) is 47.6 Å². The summed E-state index contributed by atoms with van der Waals surface area (Å²) in [5, 5.41) is 0. The van der Waals surface area contributed by atoms with Gasteiger partial charge in [-0.3, -0.25) is 9.80 Å². The van der Waals surface area contributed by atoms with E-state index in [0.29, 0.717) is 12.1 Å². The van der Waals surface area contributed by atoms with Crippen LogP contribution in [0.15, 0.2) is 0 Å². The first-order valence-corrected chi connectivity index (χ1v) is 7.52. The Bertz CT molecular complexity index is 155. The fourth-order valence-electron chi connectivity index (χ4n) is 2.24. The minimum Gasteiger partial charge on any atom is -0.298 e. The average Bonchev–Trinajstić information content (AvgIpc) is 2.33. The van der Waals surface area contributed by atoms with Crippen LogP contribution in [0.4, 0.5) is 0 Å². The topological polar surface area (TPSA) is 6.48 Å². The SMILES string of the molecule is CC.CC.CC(C)N1CCN(C(C)C)C(C)C1. The Morgan fingerprint density at radius 2 is 1.29 bits per heavy atom. The van der Waals surface area contributed by atoms with Crippen molar-refractivity contribution >= 4 is 0 Å². The van der Waals surface area contributed by atoms with Gasteiger partial charge in [-0.1, -0.05) is 27.7 Å². The normalized spacial score (nSPS) is 21.7. The Labute approximate surface area is 110 Å². The van der Waals surface area contributed by atoms with E-state index in [9.17, 15) is 0 Å². The third kappa shape index (κ3) is 7.05. The third-order valence-corrected chi connectivity index (χ3v) is 3.10. The maximum atomic E-state index is 2.60. The molecule has 0 spiro atoms. The molecular weight excluding hydrogens is 208 g/mol. The van der Waals surface area contributed by atoms with E-state index in [2.05, 4.69) is 44.4 Å². The Hall–Kier alpha value is -0.0800. The average molecular weight is 244 g/mol. The molecule has 1 saturated heterocycles. The number of nitrogens with zero attached hydrogens (tertiary/aromatic N) is 2. The van der Waals surface area contributed by atoms with E-state index in [0.717, 1.165) is 6.04 Å². The summed E-state index contributed by atoms with van der Waals surface area (Å²) in [6.45, 7) is 23.2. The first-order chi connectivity index (χ1) is 8.02. The molecule has 1 atom stereocenters. The lowest BCUT2D eigenvalue weighted by molar-refractivity contribution is 0.0447. The van der Waals surface area contributed by atoms with Gasteiger partial charge in [0.2, 0.25) is 0 Å². The molecule has 1 unspecified atom stereocenters. The van der Waals surface area contributed by atoms with Crippen molar-refractivity contribution in [2.24, 2.45) is 0 Å². The van der Waals surface area contributed by atoms with Crippen LogP contribution in [0.2, 0.25) is 0 Å². The van der Waals surface area contributed by atoms with Crippen LogP contribution in [0, 0.1) is 0 Å². The Morgan fingerprint density at radius 3 is 1.59 bits per heavy atom. The largest absolute Gasteiger partial charge is 0.298 e. The van der Waals surface area contributed by atoms with E-state index < -0.39 is 0 Å². The van der Waals surface area contributed by atoms with Crippen molar-refractivity contribution in [3.63, 3.8) is 0 Å². The second-order valence-corrected chi connectivity index (χ2v) is 4.77. The van der Waals surface area contributed by atoms with Gasteiger partial charge in [0.05, 0.1) is 0 Å². The monoisotopic (exact) mass is 244 g/mol. The molecule has 2 heteroatoms. The highest BCUT2D eigenvalue weighted by Gasteiger charge is 2.26. The van der Waals surface area contributed by atoms with E-state index >= 15 is 0 Å². The molecule has 0 aromatic heterocycles. The van der Waals surface area contributed by atoms with Crippen molar-refractivity contribution < 1.29 is 0 Å². The van der Waals surface area contributed by atoms with Gasteiger partial charge < -0.3 is 0 Å². The predicted octanol–water partition coefficient (Wildman–Crippen LogP) is 3.86. The van der Waals surface area contributed by atoms with Gasteiger partial charge in [0.25, 0.3) is 0 Å². The van der Waals surface area contributed by atoms with Crippen molar-refractivity contribution in [3.05, 3.63) is 0 Å². The fourth-order valence-corrected chi connectivity index (χ4v) is 2.24. The molecule has 106 valence electrons. The maximum Gasteiger partial charge on any atom is 0.0198 e. The van der Waals surface area contributed by atoms with Crippen molar-refractivity contribution in [1.29, 1.82) is 0 Å². The Balaban J connectivity index is 0. The van der Waals surface area contributed by atoms with Crippen LogP contribution in [0.5, 0.6) is 0 Å². The molecule has 0 radical (unpaired) electrons. The molecule has 1 fully saturated rings. The predicted molar refractivity (Wildman–Crippen MR) is 80.7 cm³/mol. The zero-order valence-corrected chi connectivity index (χ0v) is 13.7. The van der Waals surface area contributed by atoms with Gasteiger partial charge in [0.1, 0.15) is 0 Å². The van der Waals surface area contributed by atoms with Crippen LogP contribution < -0.4 is 0 Å². The first kappa shape index (κ1) is 19.3. The van der Waals surface area contributed by atoms with Crippen LogP contribution in [0.1, 0.15) is 62.3 Å². The van der Waals surface area contributed by atoms with E-state index in [-0.39, 0.29) is 0 Å². The van der Waals surface area contributed by atoms with E-state index in [1.165, 1.54) is 19.6 Å². The van der Waals surface area contributed by atoms with E-state index in [4.69, 9.17) is 0 Å². The standard InChI is InChI=1S/C11H24N2.2C2H6/c1-9(2)12-6-7-13(10(3)4)11(5)8-12;2*1-2/h9-11H,6-8H2,1-5H3;2*1-2H3. The molecule has 2 nitrogen and oxygen atoms in total. The first-order valence-electron chi connectivity index (χ1n) is 7.52. The summed E-state index contributed by atoms with van der Waals surface area (Å²) in [6, 6.07) is 2.12. The van der Waals surface area contributed by atoms with Gasteiger partial charge in [0, 0.05) is 37.8 Å². The molecule has 1 aliphatic heterocycles. The molecule has 0 aromatic carbocycles. The summed E-state index contributed by atoms with van der Waals surface area (Å²) in [4.78, 5) is 5.17. The number of hydrogen-bond acceptors (Lipinski definition) is 2. The lowest BCUT2D eigenvalue weighted by atomic mass is 10.1. The van der Waals surface area contributed by atoms with Crippen molar-refractivity contribution in [3.8, 4) is 0 Å². The molecule has 0 aliphatic carbocycles. The third-order valence-electron chi connectivity index (χ3n) is 3.10. The Morgan fingerprint density at radius 1 is 0.824 bits per heavy atom. The second kappa shape index (κ2) is 11.0. The van der Waals surface area contributed by atoms with Gasteiger partial charge in [-0.05, 0) is 34.6 Å². The lowest BCUT2D eigenvalue weighted by Gasteiger charge is -2.43. The summed E-state index contributed by atoms with van der Waals surface area (Å²) in [5.74, 6) is 0. The minimum atomic E-state index is 0.698. The molecule has 0 saturated carbocycles. The van der Waals surface area contributed by atoms with Gasteiger partial charge in [0.15, 0.2) is 0 Å². The summed E-state index contributed by atoms with van der Waals surface area (Å²) in [6.07, 6.45) is 0. The quantitative estimate of drug-likeness (QED) is 0.728. The summed E-state index contributed by atoms with van der Waals surface area (Å²) in [7, 11) is 0. The zero-order chi connectivity index (χ0) is 14.0. The number of rotatable bonds is 2. The highest BCUT2D eigenvalue weighted by atomic mass is 15.3. The van der Waals surface area contributed by atoms with Crippen molar-refractivity contribution in [2.75, 3.05) is 19.6 Å². The molecule has 1 rings (SSSR count). The van der Waals surface area contributed by atoms with E-state index in [1.54, 1.807) is 0 Å². The van der Waals surface area contributed by atoms with Gasteiger partial charge in [-0.15, -0.1) is 0 Å². The molecule has 1 aliphatic rings. The van der Waals surface area contributed by atoms with Crippen molar-refractivity contribution in [1.82, 2.24) is 9.80 Å². The Kier molecular flexibility index (Phi) is 12.5. The molecule has 0 bridgehead atoms. The summed E-state index contributed by atoms with van der Waals surface area (Å²) in [5.41, 5.74) is 0. The smallest absolute Gasteiger partial charge is 0.0198 e. The molecule has 0 amide bonds. The summed E-state index contributed by atoms with van der Waals surface area (Å²) >= 11 is 0. The van der Waals surface area contributed by atoms with Crippen LogP contribution in [0.3, 0.4) is 0 Å². The highest BCUT2D eigenvalue weighted by molar-refractivity contribution is 4.82. The molecule has 17 heavy (non-hydrogen) atoms. The van der Waals surface area contributed by atoms with Gasteiger partial charge in [-0.2, -0.15) is 0 Å². The second-order valence-electron chi connectivity index (χ2n) is 4.77. The lowest BCUT2D eigenvalue weighted by Crippen LogP contribution is -2.55. The number of hydrogen-bond donors (Lipinski definition) is 0. The van der Waals surface area contributed by atoms with Crippen LogP contribution in [-0.2, 0) is 0 Å². The van der Waals surface area contributed by atoms with Crippen molar-refractivity contribution in [2.45, 2.75) is 80.4 Å². The van der Waals surface area contributed by atoms with Crippen LogP contribution in [0.25, 0.3) is 0 Å². The zero-order valence-electron chi connectivity index (χ0n) is 13.7. The minimum absolute atomic E-state index is 0.698. The summed E-state index contributed by atoms with van der Waals surface area (Å²) < 4.78 is 0. The maximum absolute atomic E-state index is 2.60. The van der Waals surface area contributed by atoms with Gasteiger partial charge in [-0.25, -0.2) is 0 Å². The molecule has 0 N–H and O–H groups in total. The highest BCUT2D eigenvalue weighted by Crippen LogP contribution is 2.14. The molecule has 0 aromatic rings.